The zero-order valence-electron chi connectivity index (χ0n) is 21.0. The number of nitrogens with zero attached hydrogens (tertiary/aromatic N) is 3. The molecule has 0 N–H and O–H groups in total. The van der Waals surface area contributed by atoms with Crippen molar-refractivity contribution in [2.45, 2.75) is 20.0 Å². The molecule has 0 spiro atoms. The lowest BCUT2D eigenvalue weighted by molar-refractivity contribution is 0.0724. The van der Waals surface area contributed by atoms with E-state index >= 15 is 0 Å². The minimum atomic E-state index is -0.626. The Balaban J connectivity index is 1.60. The molecule has 0 unspecified atom stereocenters. The first-order valence-corrected chi connectivity index (χ1v) is 12.6. The molecule has 1 heterocycles. The van der Waals surface area contributed by atoms with Gasteiger partial charge in [0.15, 0.2) is 0 Å². The Bertz CT molecular complexity index is 1600. The Hall–Kier alpha value is -4.49. The molecule has 196 valence electrons. The smallest absolute Gasteiger partial charge is 0.257 e. The summed E-state index contributed by atoms with van der Waals surface area (Å²) in [5, 5.41) is 5.24. The molecule has 5 aromatic rings. The zero-order chi connectivity index (χ0) is 27.4. The van der Waals surface area contributed by atoms with Gasteiger partial charge < -0.3 is 9.64 Å². The second-order valence-corrected chi connectivity index (χ2v) is 9.38. The fourth-order valence-corrected chi connectivity index (χ4v) is 4.40. The molecular formula is C31H24ClF2N3O2. The quantitative estimate of drug-likeness (QED) is 0.201. The van der Waals surface area contributed by atoms with Crippen LogP contribution < -0.4 is 4.74 Å². The molecule has 0 saturated carbocycles. The van der Waals surface area contributed by atoms with Crippen molar-refractivity contribution in [3.8, 4) is 17.3 Å². The highest BCUT2D eigenvalue weighted by atomic mass is 35.5. The number of carbonyl (C=O) groups is 1. The molecule has 0 aliphatic heterocycles. The van der Waals surface area contributed by atoms with Crippen molar-refractivity contribution in [3.63, 3.8) is 0 Å². The summed E-state index contributed by atoms with van der Waals surface area (Å²) in [6.07, 6.45) is 0. The first-order chi connectivity index (χ1) is 18.9. The van der Waals surface area contributed by atoms with E-state index in [1.807, 2.05) is 49.4 Å². The highest BCUT2D eigenvalue weighted by Gasteiger charge is 2.26. The number of amides is 1. The second-order valence-electron chi connectivity index (χ2n) is 8.94. The van der Waals surface area contributed by atoms with E-state index in [-0.39, 0.29) is 24.5 Å². The average molecular weight is 544 g/mol. The van der Waals surface area contributed by atoms with Crippen LogP contribution in [0.5, 0.6) is 11.6 Å². The fourth-order valence-electron chi connectivity index (χ4n) is 4.21. The van der Waals surface area contributed by atoms with Crippen molar-refractivity contribution < 1.29 is 18.3 Å². The van der Waals surface area contributed by atoms with Crippen molar-refractivity contribution >= 4 is 17.5 Å². The van der Waals surface area contributed by atoms with Crippen LogP contribution in [0.15, 0.2) is 103 Å². The largest absolute Gasteiger partial charge is 0.439 e. The van der Waals surface area contributed by atoms with E-state index in [0.717, 1.165) is 0 Å². The van der Waals surface area contributed by atoms with Gasteiger partial charge in [0.05, 0.1) is 29.1 Å². The van der Waals surface area contributed by atoms with Crippen LogP contribution in [0.1, 0.15) is 27.2 Å². The molecule has 0 atom stereocenters. The minimum absolute atomic E-state index is 0.0547. The lowest BCUT2D eigenvalue weighted by Crippen LogP contribution is -2.31. The van der Waals surface area contributed by atoms with E-state index in [1.165, 1.54) is 35.2 Å². The molecule has 0 saturated heterocycles. The zero-order valence-corrected chi connectivity index (χ0v) is 21.8. The number of aryl methyl sites for hydroxylation is 1. The van der Waals surface area contributed by atoms with E-state index in [9.17, 15) is 13.6 Å². The van der Waals surface area contributed by atoms with Crippen LogP contribution in [0.4, 0.5) is 8.78 Å². The standard InChI is InChI=1S/C31H24ClF2N3O2/c1-21-28(31(39-26-10-3-2-4-11-26)37(35-21)25-9-7-8-23(32)18-25)20-36(19-22-14-16-24(33)17-15-22)30(38)27-12-5-6-13-29(27)34/h2-18H,19-20H2,1H3. The van der Waals surface area contributed by atoms with E-state index in [4.69, 9.17) is 21.4 Å². The van der Waals surface area contributed by atoms with Gasteiger partial charge in [-0.3, -0.25) is 4.79 Å². The average Bonchev–Trinajstić information content (AvgIpc) is 3.24. The van der Waals surface area contributed by atoms with Gasteiger partial charge in [-0.25, -0.2) is 13.5 Å². The second kappa shape index (κ2) is 11.5. The van der Waals surface area contributed by atoms with Gasteiger partial charge in [-0.1, -0.05) is 60.1 Å². The van der Waals surface area contributed by atoms with Gasteiger partial charge in [0, 0.05) is 11.6 Å². The lowest BCUT2D eigenvalue weighted by atomic mass is 10.1. The van der Waals surface area contributed by atoms with Gasteiger partial charge in [0.2, 0.25) is 5.88 Å². The number of ether oxygens (including phenoxy) is 1. The number of carbonyl (C=O) groups excluding carboxylic acids is 1. The number of hydrogen-bond acceptors (Lipinski definition) is 3. The Labute approximate surface area is 229 Å². The Morgan fingerprint density at radius 1 is 0.897 bits per heavy atom. The van der Waals surface area contributed by atoms with Crippen LogP contribution in [0.2, 0.25) is 5.02 Å². The van der Waals surface area contributed by atoms with Crippen LogP contribution in [-0.2, 0) is 13.1 Å². The van der Waals surface area contributed by atoms with Gasteiger partial charge in [-0.2, -0.15) is 5.10 Å². The van der Waals surface area contributed by atoms with Gasteiger partial charge >= 0.3 is 0 Å². The number of aromatic nitrogens is 2. The molecule has 39 heavy (non-hydrogen) atoms. The summed E-state index contributed by atoms with van der Waals surface area (Å²) in [6, 6.07) is 28.1. The van der Waals surface area contributed by atoms with Gasteiger partial charge in [-0.15, -0.1) is 0 Å². The van der Waals surface area contributed by atoms with E-state index < -0.39 is 11.7 Å². The maximum Gasteiger partial charge on any atom is 0.257 e. The molecule has 0 radical (unpaired) electrons. The van der Waals surface area contributed by atoms with Gasteiger partial charge in [0.1, 0.15) is 17.4 Å². The van der Waals surface area contributed by atoms with E-state index in [1.54, 1.807) is 35.0 Å². The molecule has 0 aliphatic rings. The van der Waals surface area contributed by atoms with Crippen molar-refractivity contribution in [2.75, 3.05) is 0 Å². The molecule has 0 aliphatic carbocycles. The summed E-state index contributed by atoms with van der Waals surface area (Å²) >= 11 is 6.27. The first kappa shape index (κ1) is 26.1. The summed E-state index contributed by atoms with van der Waals surface area (Å²) in [7, 11) is 0. The molecule has 5 nitrogen and oxygen atoms in total. The third-order valence-corrected chi connectivity index (χ3v) is 6.41. The monoisotopic (exact) mass is 543 g/mol. The molecule has 0 fully saturated rings. The lowest BCUT2D eigenvalue weighted by Gasteiger charge is -2.24. The van der Waals surface area contributed by atoms with Crippen LogP contribution in [0, 0.1) is 18.6 Å². The third-order valence-electron chi connectivity index (χ3n) is 6.17. The summed E-state index contributed by atoms with van der Waals surface area (Å²) in [6.45, 7) is 1.98. The maximum absolute atomic E-state index is 14.7. The maximum atomic E-state index is 14.7. The molecule has 8 heteroatoms. The van der Waals surface area contributed by atoms with E-state index in [0.29, 0.717) is 39.2 Å². The number of halogens is 3. The molecule has 4 aromatic carbocycles. The van der Waals surface area contributed by atoms with Gasteiger partial charge in [0.25, 0.3) is 5.91 Å². The first-order valence-electron chi connectivity index (χ1n) is 12.2. The van der Waals surface area contributed by atoms with Crippen molar-refractivity contribution in [2.24, 2.45) is 0 Å². The fraction of sp³-hybridized carbons (Fsp3) is 0.0968. The predicted octanol–water partition coefficient (Wildman–Crippen LogP) is 7.75. The number of rotatable bonds is 8. The van der Waals surface area contributed by atoms with Crippen molar-refractivity contribution in [1.29, 1.82) is 0 Å². The predicted molar refractivity (Wildman–Crippen MR) is 146 cm³/mol. The van der Waals surface area contributed by atoms with Crippen LogP contribution in [0.3, 0.4) is 0 Å². The van der Waals surface area contributed by atoms with Crippen molar-refractivity contribution in [3.05, 3.63) is 142 Å². The molecule has 0 bridgehead atoms. The summed E-state index contributed by atoms with van der Waals surface area (Å²) in [5.41, 5.74) is 2.54. The Morgan fingerprint density at radius 3 is 2.33 bits per heavy atom. The summed E-state index contributed by atoms with van der Waals surface area (Å²) in [5.74, 6) is -0.557. The highest BCUT2D eigenvalue weighted by Crippen LogP contribution is 2.33. The van der Waals surface area contributed by atoms with Crippen LogP contribution in [0.25, 0.3) is 5.69 Å². The number of para-hydroxylation sites is 1. The SMILES string of the molecule is Cc1nn(-c2cccc(Cl)c2)c(Oc2ccccc2)c1CN(Cc1ccc(F)cc1)C(=O)c1ccccc1F. The topological polar surface area (TPSA) is 47.4 Å². The summed E-state index contributed by atoms with van der Waals surface area (Å²) < 4.78 is 36.2. The minimum Gasteiger partial charge on any atom is -0.439 e. The third kappa shape index (κ3) is 5.99. The Morgan fingerprint density at radius 2 is 1.62 bits per heavy atom. The van der Waals surface area contributed by atoms with Gasteiger partial charge in [-0.05, 0) is 67.1 Å². The number of hydrogen-bond donors (Lipinski definition) is 0. The van der Waals surface area contributed by atoms with Crippen LogP contribution >= 0.6 is 11.6 Å². The normalized spacial score (nSPS) is 10.9. The van der Waals surface area contributed by atoms with Crippen molar-refractivity contribution in [1.82, 2.24) is 14.7 Å². The molecular weight excluding hydrogens is 520 g/mol. The highest BCUT2D eigenvalue weighted by molar-refractivity contribution is 6.30. The summed E-state index contributed by atoms with van der Waals surface area (Å²) in [4.78, 5) is 15.2. The van der Waals surface area contributed by atoms with Crippen LogP contribution in [-0.4, -0.2) is 20.6 Å². The Kier molecular flexibility index (Phi) is 7.70. The molecule has 1 aromatic heterocycles. The number of benzene rings is 4. The van der Waals surface area contributed by atoms with E-state index in [2.05, 4.69) is 0 Å². The molecule has 1 amide bonds. The molecule has 5 rings (SSSR count).